The molecule has 0 unspecified atom stereocenters. The molecule has 0 amide bonds. The summed E-state index contributed by atoms with van der Waals surface area (Å²) in [4.78, 5) is 9.49. The molecule has 0 atom stereocenters. The smallest absolute Gasteiger partial charge is 0.306 e. The van der Waals surface area contributed by atoms with Crippen LogP contribution in [-0.2, 0) is 0 Å². The molecule has 0 saturated heterocycles. The summed E-state index contributed by atoms with van der Waals surface area (Å²) in [6.07, 6.45) is 3.66. The lowest BCUT2D eigenvalue weighted by Crippen LogP contribution is -2.00. The van der Waals surface area contributed by atoms with Gasteiger partial charge in [0, 0.05) is 0 Å². The van der Waals surface area contributed by atoms with Gasteiger partial charge in [-0.25, -0.2) is 0 Å². The van der Waals surface area contributed by atoms with E-state index >= 15 is 0 Å². The van der Waals surface area contributed by atoms with E-state index in [4.69, 9.17) is 5.11 Å². The average Bonchev–Trinajstić information content (AvgIpc) is 2.09. The van der Waals surface area contributed by atoms with Crippen LogP contribution in [-0.4, -0.2) is 10.0 Å². The van der Waals surface area contributed by atoms with Crippen LogP contribution < -0.4 is 0 Å². The van der Waals surface area contributed by atoms with Crippen molar-refractivity contribution in [2.24, 2.45) is 0 Å². The monoisotopic (exact) mass is 185 g/mol. The van der Waals surface area contributed by atoms with Crippen LogP contribution in [0.2, 0.25) is 0 Å². The Balaban J connectivity index is 0. The van der Waals surface area contributed by atoms with E-state index in [2.05, 4.69) is 6.58 Å². The molecular weight excluding hydrogens is 170 g/mol. The van der Waals surface area contributed by atoms with Gasteiger partial charge >= 0.3 is 5.70 Å². The summed E-state index contributed by atoms with van der Waals surface area (Å²) < 4.78 is 0. The maximum atomic E-state index is 10.1. The first kappa shape index (κ1) is 14.0. The van der Waals surface area contributed by atoms with Crippen LogP contribution >= 0.6 is 0 Å². The van der Waals surface area contributed by atoms with E-state index in [0.717, 1.165) is 6.08 Å². The van der Waals surface area contributed by atoms with Gasteiger partial charge in [-0.3, -0.25) is 10.1 Å². The molecule has 0 bridgehead atoms. The second-order valence-electron chi connectivity index (χ2n) is 1.72. The van der Waals surface area contributed by atoms with Gasteiger partial charge in [-0.15, -0.1) is 0 Å². The highest BCUT2D eigenvalue weighted by Crippen LogP contribution is 2.06. The van der Waals surface area contributed by atoms with Crippen molar-refractivity contribution in [1.82, 2.24) is 0 Å². The Morgan fingerprint density at radius 3 is 2.23 bits per heavy atom. The molecule has 0 radical (unpaired) electrons. The van der Waals surface area contributed by atoms with Gasteiger partial charge in [-0.2, -0.15) is 0 Å². The van der Waals surface area contributed by atoms with Gasteiger partial charge in [-0.1, -0.05) is 26.5 Å². The molecular formula is C9H15NO3. The quantitative estimate of drug-likeness (QED) is 0.318. The van der Waals surface area contributed by atoms with Crippen LogP contribution in [0.25, 0.3) is 0 Å². The number of nitro groups is 1. The standard InChI is InChI=1S/C7H9NO3.C2H6/c1-3-5-7(9)6(4-2)8(10)11;1-2/h3-5,9H,1H2,2H3;1-2H3/b6-4+,7-5+;. The molecule has 0 aliphatic rings. The Labute approximate surface area is 78.0 Å². The topological polar surface area (TPSA) is 63.4 Å². The SMILES string of the molecule is C=C/C=C(O)\C(=C/C)[N+](=O)[O-].CC. The largest absolute Gasteiger partial charge is 0.502 e. The molecule has 0 aliphatic carbocycles. The summed E-state index contributed by atoms with van der Waals surface area (Å²) in [5, 5.41) is 19.1. The normalized spacial score (nSPS) is 11.3. The molecule has 0 aliphatic heterocycles. The molecule has 74 valence electrons. The van der Waals surface area contributed by atoms with Crippen LogP contribution in [0, 0.1) is 10.1 Å². The van der Waals surface area contributed by atoms with Gasteiger partial charge < -0.3 is 5.11 Å². The van der Waals surface area contributed by atoms with E-state index in [9.17, 15) is 10.1 Å². The first-order valence-corrected chi connectivity index (χ1v) is 3.96. The zero-order valence-corrected chi connectivity index (χ0v) is 8.15. The first-order chi connectivity index (χ1) is 6.13. The maximum absolute atomic E-state index is 10.1. The number of hydrogen-bond acceptors (Lipinski definition) is 3. The lowest BCUT2D eigenvalue weighted by Gasteiger charge is -1.93. The summed E-state index contributed by atoms with van der Waals surface area (Å²) >= 11 is 0. The molecule has 0 aromatic heterocycles. The zero-order chi connectivity index (χ0) is 10.9. The van der Waals surface area contributed by atoms with E-state index in [0.29, 0.717) is 0 Å². The Kier molecular flexibility index (Phi) is 9.15. The molecule has 4 nitrogen and oxygen atoms in total. The van der Waals surface area contributed by atoms with Crippen LogP contribution in [0.4, 0.5) is 0 Å². The second-order valence-corrected chi connectivity index (χ2v) is 1.72. The first-order valence-electron chi connectivity index (χ1n) is 3.96. The number of aliphatic hydroxyl groups is 1. The molecule has 0 aromatic carbocycles. The van der Waals surface area contributed by atoms with E-state index in [1.54, 1.807) is 0 Å². The third-order valence-corrected chi connectivity index (χ3v) is 1.01. The van der Waals surface area contributed by atoms with Crippen molar-refractivity contribution < 1.29 is 10.0 Å². The Bertz CT molecular complexity index is 229. The molecule has 1 N–H and O–H groups in total. The number of aliphatic hydroxyl groups excluding tert-OH is 1. The van der Waals surface area contributed by atoms with Crippen molar-refractivity contribution in [3.05, 3.63) is 46.4 Å². The predicted octanol–water partition coefficient (Wildman–Crippen LogP) is 2.82. The Morgan fingerprint density at radius 2 is 2.00 bits per heavy atom. The number of hydrogen-bond donors (Lipinski definition) is 1. The predicted molar refractivity (Wildman–Crippen MR) is 53.0 cm³/mol. The third-order valence-electron chi connectivity index (χ3n) is 1.01. The van der Waals surface area contributed by atoms with E-state index < -0.39 is 4.92 Å². The van der Waals surface area contributed by atoms with Gasteiger partial charge in [-0.05, 0) is 19.1 Å². The molecule has 0 aromatic rings. The van der Waals surface area contributed by atoms with Gasteiger partial charge in [0.15, 0.2) is 5.76 Å². The molecule has 0 spiro atoms. The number of nitrogens with zero attached hydrogens (tertiary/aromatic N) is 1. The lowest BCUT2D eigenvalue weighted by atomic mass is 10.3. The van der Waals surface area contributed by atoms with Gasteiger partial charge in [0.25, 0.3) is 0 Å². The molecule has 0 saturated carbocycles. The highest BCUT2D eigenvalue weighted by Gasteiger charge is 2.12. The van der Waals surface area contributed by atoms with Crippen molar-refractivity contribution in [3.63, 3.8) is 0 Å². The van der Waals surface area contributed by atoms with Crippen LogP contribution in [0.15, 0.2) is 36.3 Å². The fourth-order valence-corrected chi connectivity index (χ4v) is 0.544. The molecule has 0 rings (SSSR count). The minimum Gasteiger partial charge on any atom is -0.502 e. The minimum atomic E-state index is -0.657. The number of rotatable bonds is 3. The number of allylic oxidation sites excluding steroid dienone is 3. The van der Waals surface area contributed by atoms with Gasteiger partial charge in [0.1, 0.15) is 0 Å². The fourth-order valence-electron chi connectivity index (χ4n) is 0.544. The van der Waals surface area contributed by atoms with E-state index in [1.807, 2.05) is 13.8 Å². The van der Waals surface area contributed by atoms with Crippen molar-refractivity contribution >= 4 is 0 Å². The summed E-state index contributed by atoms with van der Waals surface area (Å²) in [5.74, 6) is -0.382. The maximum Gasteiger partial charge on any atom is 0.306 e. The van der Waals surface area contributed by atoms with Gasteiger partial charge in [0.05, 0.1) is 4.92 Å². The molecule has 4 heteroatoms. The Hall–Kier alpha value is -1.58. The van der Waals surface area contributed by atoms with Crippen molar-refractivity contribution in [3.8, 4) is 0 Å². The molecule has 0 heterocycles. The van der Waals surface area contributed by atoms with Crippen LogP contribution in [0.1, 0.15) is 20.8 Å². The minimum absolute atomic E-state index is 0.315. The second kappa shape index (κ2) is 8.52. The average molecular weight is 185 g/mol. The summed E-state index contributed by atoms with van der Waals surface area (Å²) in [6, 6.07) is 0. The summed E-state index contributed by atoms with van der Waals surface area (Å²) in [7, 11) is 0. The molecule has 0 fully saturated rings. The van der Waals surface area contributed by atoms with Crippen molar-refractivity contribution in [2.75, 3.05) is 0 Å². The fraction of sp³-hybridized carbons (Fsp3) is 0.333. The van der Waals surface area contributed by atoms with Crippen LogP contribution in [0.5, 0.6) is 0 Å². The molecule has 13 heavy (non-hydrogen) atoms. The van der Waals surface area contributed by atoms with E-state index in [-0.39, 0.29) is 11.5 Å². The zero-order valence-electron chi connectivity index (χ0n) is 8.15. The summed E-state index contributed by atoms with van der Waals surface area (Å²) in [5.41, 5.74) is -0.315. The summed E-state index contributed by atoms with van der Waals surface area (Å²) in [6.45, 7) is 8.77. The highest BCUT2D eigenvalue weighted by molar-refractivity contribution is 5.20. The van der Waals surface area contributed by atoms with Crippen molar-refractivity contribution in [2.45, 2.75) is 20.8 Å². The lowest BCUT2D eigenvalue weighted by molar-refractivity contribution is -0.424. The Morgan fingerprint density at radius 1 is 1.54 bits per heavy atom. The van der Waals surface area contributed by atoms with Gasteiger partial charge in [0.2, 0.25) is 0 Å². The van der Waals surface area contributed by atoms with E-state index in [1.165, 1.54) is 19.1 Å². The van der Waals surface area contributed by atoms with Crippen LogP contribution in [0.3, 0.4) is 0 Å². The highest BCUT2D eigenvalue weighted by atomic mass is 16.6. The third kappa shape index (κ3) is 5.66. The van der Waals surface area contributed by atoms with Crippen molar-refractivity contribution in [1.29, 1.82) is 0 Å².